The lowest BCUT2D eigenvalue weighted by molar-refractivity contribution is 0.287. The SMILES string of the molecule is Cc1ccc(OC[C@@H](C)NC(=S)Nc2ccccc2F)cc1. The molecule has 0 amide bonds. The van der Waals surface area contributed by atoms with Crippen molar-refractivity contribution in [2.75, 3.05) is 11.9 Å². The maximum absolute atomic E-state index is 13.5. The van der Waals surface area contributed by atoms with Crippen molar-refractivity contribution in [2.24, 2.45) is 0 Å². The minimum atomic E-state index is -0.338. The van der Waals surface area contributed by atoms with Gasteiger partial charge in [-0.25, -0.2) is 4.39 Å². The molecule has 0 fully saturated rings. The fourth-order valence-electron chi connectivity index (χ4n) is 1.84. The fraction of sp³-hybridized carbons (Fsp3) is 0.235. The van der Waals surface area contributed by atoms with E-state index in [1.807, 2.05) is 38.1 Å². The molecular formula is C17H19FN2OS. The lowest BCUT2D eigenvalue weighted by atomic mass is 10.2. The van der Waals surface area contributed by atoms with Crippen LogP contribution in [0.5, 0.6) is 5.75 Å². The number of rotatable bonds is 5. The maximum Gasteiger partial charge on any atom is 0.171 e. The summed E-state index contributed by atoms with van der Waals surface area (Å²) in [5.74, 6) is 0.474. The highest BCUT2D eigenvalue weighted by atomic mass is 32.1. The predicted octanol–water partition coefficient (Wildman–Crippen LogP) is 3.89. The van der Waals surface area contributed by atoms with Crippen molar-refractivity contribution in [1.82, 2.24) is 5.32 Å². The van der Waals surface area contributed by atoms with Crippen molar-refractivity contribution >= 4 is 23.0 Å². The van der Waals surface area contributed by atoms with Gasteiger partial charge in [-0.15, -0.1) is 0 Å². The molecule has 2 aromatic carbocycles. The van der Waals surface area contributed by atoms with Gasteiger partial charge in [0.15, 0.2) is 5.11 Å². The summed E-state index contributed by atoms with van der Waals surface area (Å²) in [4.78, 5) is 0. The van der Waals surface area contributed by atoms with Crippen LogP contribution in [0.2, 0.25) is 0 Å². The Kier molecular flexibility index (Phi) is 5.72. The minimum Gasteiger partial charge on any atom is -0.491 e. The molecule has 22 heavy (non-hydrogen) atoms. The topological polar surface area (TPSA) is 33.3 Å². The Bertz CT molecular complexity index is 631. The summed E-state index contributed by atoms with van der Waals surface area (Å²) in [6.07, 6.45) is 0. The van der Waals surface area contributed by atoms with E-state index in [2.05, 4.69) is 10.6 Å². The second-order valence-electron chi connectivity index (χ2n) is 5.10. The first kappa shape index (κ1) is 16.2. The van der Waals surface area contributed by atoms with Gasteiger partial charge in [0.2, 0.25) is 0 Å². The normalized spacial score (nSPS) is 11.6. The van der Waals surface area contributed by atoms with Gasteiger partial charge < -0.3 is 15.4 Å². The summed E-state index contributed by atoms with van der Waals surface area (Å²) in [5.41, 5.74) is 1.54. The summed E-state index contributed by atoms with van der Waals surface area (Å²) >= 11 is 5.18. The molecule has 0 heterocycles. The number of aryl methyl sites for hydroxylation is 1. The van der Waals surface area contributed by atoms with Crippen molar-refractivity contribution in [3.05, 3.63) is 59.9 Å². The van der Waals surface area contributed by atoms with Gasteiger partial charge in [0, 0.05) is 0 Å². The van der Waals surface area contributed by atoms with Gasteiger partial charge >= 0.3 is 0 Å². The van der Waals surface area contributed by atoms with Crippen LogP contribution >= 0.6 is 12.2 Å². The first-order valence-electron chi connectivity index (χ1n) is 7.06. The molecule has 0 saturated heterocycles. The molecule has 5 heteroatoms. The molecular weight excluding hydrogens is 299 g/mol. The summed E-state index contributed by atoms with van der Waals surface area (Å²) in [5, 5.41) is 6.27. The molecule has 116 valence electrons. The van der Waals surface area contributed by atoms with Crippen molar-refractivity contribution in [2.45, 2.75) is 19.9 Å². The van der Waals surface area contributed by atoms with Gasteiger partial charge in [-0.1, -0.05) is 29.8 Å². The van der Waals surface area contributed by atoms with Crippen molar-refractivity contribution in [1.29, 1.82) is 0 Å². The molecule has 3 nitrogen and oxygen atoms in total. The van der Waals surface area contributed by atoms with Crippen LogP contribution in [0.25, 0.3) is 0 Å². The van der Waals surface area contributed by atoms with Gasteiger partial charge in [-0.2, -0.15) is 0 Å². The molecule has 0 aromatic heterocycles. The summed E-state index contributed by atoms with van der Waals surface area (Å²) in [6.45, 7) is 4.44. The lowest BCUT2D eigenvalue weighted by Gasteiger charge is -2.18. The van der Waals surface area contributed by atoms with Crippen LogP contribution in [0.4, 0.5) is 10.1 Å². The van der Waals surface area contributed by atoms with E-state index >= 15 is 0 Å². The number of ether oxygens (including phenoxy) is 1. The van der Waals surface area contributed by atoms with Gasteiger partial charge in [0.05, 0.1) is 11.7 Å². The third-order valence-electron chi connectivity index (χ3n) is 3.02. The summed E-state index contributed by atoms with van der Waals surface area (Å²) in [6, 6.07) is 14.2. The Balaban J connectivity index is 1.79. The molecule has 2 aromatic rings. The number of hydrogen-bond acceptors (Lipinski definition) is 2. The quantitative estimate of drug-likeness (QED) is 0.820. The van der Waals surface area contributed by atoms with Crippen LogP contribution in [-0.2, 0) is 0 Å². The standard InChI is InChI=1S/C17H19FN2OS/c1-12-7-9-14(10-8-12)21-11-13(2)19-17(22)20-16-6-4-3-5-15(16)18/h3-10,13H,11H2,1-2H3,(H2,19,20,22)/t13-/m1/s1. The van der Waals surface area contributed by atoms with Gasteiger partial charge in [0.25, 0.3) is 0 Å². The highest BCUT2D eigenvalue weighted by Gasteiger charge is 2.07. The highest BCUT2D eigenvalue weighted by Crippen LogP contribution is 2.13. The van der Waals surface area contributed by atoms with Crippen LogP contribution in [0, 0.1) is 12.7 Å². The van der Waals surface area contributed by atoms with E-state index in [-0.39, 0.29) is 11.9 Å². The Morgan fingerprint density at radius 1 is 1.18 bits per heavy atom. The average Bonchev–Trinajstić information content (AvgIpc) is 2.49. The fourth-order valence-corrected chi connectivity index (χ4v) is 2.15. The summed E-state index contributed by atoms with van der Waals surface area (Å²) < 4.78 is 19.2. The highest BCUT2D eigenvalue weighted by molar-refractivity contribution is 7.80. The largest absolute Gasteiger partial charge is 0.491 e. The Hall–Kier alpha value is -2.14. The Morgan fingerprint density at radius 3 is 2.55 bits per heavy atom. The molecule has 2 rings (SSSR count). The van der Waals surface area contributed by atoms with E-state index in [9.17, 15) is 4.39 Å². The predicted molar refractivity (Wildman–Crippen MR) is 91.9 cm³/mol. The lowest BCUT2D eigenvalue weighted by Crippen LogP contribution is -2.39. The van der Waals surface area contributed by atoms with Gasteiger partial charge in [-0.3, -0.25) is 0 Å². The van der Waals surface area contributed by atoms with Gasteiger partial charge in [-0.05, 0) is 50.3 Å². The monoisotopic (exact) mass is 318 g/mol. The molecule has 0 aliphatic rings. The zero-order chi connectivity index (χ0) is 15.9. The zero-order valence-corrected chi connectivity index (χ0v) is 13.4. The van der Waals surface area contributed by atoms with E-state index in [1.54, 1.807) is 18.2 Å². The van der Waals surface area contributed by atoms with Gasteiger partial charge in [0.1, 0.15) is 18.2 Å². The molecule has 0 saturated carbocycles. The van der Waals surface area contributed by atoms with E-state index in [0.29, 0.717) is 17.4 Å². The molecule has 0 aliphatic heterocycles. The number of thiocarbonyl (C=S) groups is 1. The van der Waals surface area contributed by atoms with Crippen LogP contribution in [0.1, 0.15) is 12.5 Å². The number of para-hydroxylation sites is 1. The number of anilines is 1. The van der Waals surface area contributed by atoms with E-state index in [0.717, 1.165) is 5.75 Å². The molecule has 2 N–H and O–H groups in total. The zero-order valence-electron chi connectivity index (χ0n) is 12.6. The third-order valence-corrected chi connectivity index (χ3v) is 3.24. The second kappa shape index (κ2) is 7.75. The molecule has 0 radical (unpaired) electrons. The molecule has 1 atom stereocenters. The number of nitrogens with one attached hydrogen (secondary N) is 2. The third kappa shape index (κ3) is 5.00. The Labute approximate surface area is 135 Å². The van der Waals surface area contributed by atoms with Crippen LogP contribution in [-0.4, -0.2) is 17.8 Å². The second-order valence-corrected chi connectivity index (χ2v) is 5.51. The van der Waals surface area contributed by atoms with Crippen LogP contribution < -0.4 is 15.4 Å². The number of halogens is 1. The van der Waals surface area contributed by atoms with Crippen molar-refractivity contribution < 1.29 is 9.13 Å². The minimum absolute atomic E-state index is 0.00641. The molecule has 0 spiro atoms. The Morgan fingerprint density at radius 2 is 1.86 bits per heavy atom. The van der Waals surface area contributed by atoms with Crippen LogP contribution in [0.3, 0.4) is 0 Å². The molecule has 0 aliphatic carbocycles. The van der Waals surface area contributed by atoms with Crippen molar-refractivity contribution in [3.63, 3.8) is 0 Å². The maximum atomic E-state index is 13.5. The smallest absolute Gasteiger partial charge is 0.171 e. The van der Waals surface area contributed by atoms with E-state index < -0.39 is 0 Å². The first-order chi connectivity index (χ1) is 10.5. The summed E-state index contributed by atoms with van der Waals surface area (Å²) in [7, 11) is 0. The van der Waals surface area contributed by atoms with E-state index in [4.69, 9.17) is 17.0 Å². The number of hydrogen-bond donors (Lipinski definition) is 2. The van der Waals surface area contributed by atoms with Crippen LogP contribution in [0.15, 0.2) is 48.5 Å². The molecule has 0 bridgehead atoms. The number of benzene rings is 2. The molecule has 0 unspecified atom stereocenters. The average molecular weight is 318 g/mol. The van der Waals surface area contributed by atoms with Crippen molar-refractivity contribution in [3.8, 4) is 5.75 Å². The van der Waals surface area contributed by atoms with E-state index in [1.165, 1.54) is 11.6 Å². The first-order valence-corrected chi connectivity index (χ1v) is 7.47.